The highest BCUT2D eigenvalue weighted by molar-refractivity contribution is 5.76. The predicted octanol–water partition coefficient (Wildman–Crippen LogP) is 1.76. The van der Waals surface area contributed by atoms with Gasteiger partial charge in [-0.2, -0.15) is 0 Å². The third kappa shape index (κ3) is 2.34. The molecule has 2 rings (SSSR count). The number of piperidine rings is 1. The molecule has 1 heterocycles. The van der Waals surface area contributed by atoms with Gasteiger partial charge in [-0.25, -0.2) is 0 Å². The molecule has 2 nitrogen and oxygen atoms in total. The van der Waals surface area contributed by atoms with Crippen molar-refractivity contribution in [3.8, 4) is 0 Å². The number of hydrogen-bond acceptors (Lipinski definition) is 1. The van der Waals surface area contributed by atoms with E-state index in [1.54, 1.807) is 0 Å². The van der Waals surface area contributed by atoms with Crippen molar-refractivity contribution in [2.24, 2.45) is 5.92 Å². The van der Waals surface area contributed by atoms with Gasteiger partial charge in [0.05, 0.1) is 0 Å². The fraction of sp³-hybridized carbons (Fsp3) is 0.417. The Bertz CT molecular complexity index is 297. The van der Waals surface area contributed by atoms with Crippen molar-refractivity contribution in [1.29, 1.82) is 0 Å². The van der Waals surface area contributed by atoms with Crippen LogP contribution in [-0.2, 0) is 11.2 Å². The van der Waals surface area contributed by atoms with Crippen LogP contribution in [-0.4, -0.2) is 12.5 Å². The highest BCUT2D eigenvalue weighted by Gasteiger charge is 2.17. The quantitative estimate of drug-likeness (QED) is 0.754. The smallest absolute Gasteiger partial charge is 0.220 e. The molecule has 1 fully saturated rings. The largest absolute Gasteiger partial charge is 0.356 e. The fourth-order valence-electron chi connectivity index (χ4n) is 1.91. The van der Waals surface area contributed by atoms with Gasteiger partial charge < -0.3 is 5.32 Å². The minimum absolute atomic E-state index is 0.203. The lowest BCUT2D eigenvalue weighted by molar-refractivity contribution is -0.122. The molecule has 0 aromatic heterocycles. The van der Waals surface area contributed by atoms with Gasteiger partial charge >= 0.3 is 0 Å². The van der Waals surface area contributed by atoms with Gasteiger partial charge in [0.15, 0.2) is 0 Å². The summed E-state index contributed by atoms with van der Waals surface area (Å²) in [7, 11) is 0. The molecule has 1 aliphatic rings. The van der Waals surface area contributed by atoms with E-state index in [2.05, 4.69) is 29.6 Å². The first-order valence-corrected chi connectivity index (χ1v) is 5.15. The van der Waals surface area contributed by atoms with Crippen molar-refractivity contribution in [2.45, 2.75) is 19.3 Å². The molecule has 1 aromatic carbocycles. The first-order chi connectivity index (χ1) is 6.84. The molecule has 0 spiro atoms. The Kier molecular flexibility index (Phi) is 2.82. The third-order valence-corrected chi connectivity index (χ3v) is 2.73. The second-order valence-corrected chi connectivity index (χ2v) is 3.90. The molecule has 0 aliphatic carbocycles. The Hall–Kier alpha value is -1.31. The van der Waals surface area contributed by atoms with E-state index in [9.17, 15) is 4.79 Å². The van der Waals surface area contributed by atoms with E-state index >= 15 is 0 Å². The topological polar surface area (TPSA) is 29.1 Å². The lowest BCUT2D eigenvalue weighted by Crippen LogP contribution is -2.35. The first kappa shape index (κ1) is 9.25. The van der Waals surface area contributed by atoms with E-state index in [0.717, 1.165) is 19.4 Å². The molecular formula is C12H15NO. The van der Waals surface area contributed by atoms with Crippen LogP contribution < -0.4 is 5.32 Å². The number of carbonyl (C=O) groups is 1. The number of nitrogens with one attached hydrogen (secondary N) is 1. The van der Waals surface area contributed by atoms with Crippen LogP contribution in [0.3, 0.4) is 0 Å². The maximum atomic E-state index is 10.9. The monoisotopic (exact) mass is 189 g/mol. The van der Waals surface area contributed by atoms with E-state index in [-0.39, 0.29) is 5.91 Å². The van der Waals surface area contributed by atoms with Gasteiger partial charge in [-0.15, -0.1) is 0 Å². The standard InChI is InChI=1S/C12H15NO/c14-12-7-6-11(9-13-12)8-10-4-2-1-3-5-10/h1-5,11H,6-9H2,(H,13,14)/t11-/m1/s1. The summed E-state index contributed by atoms with van der Waals surface area (Å²) in [5.41, 5.74) is 1.37. The van der Waals surface area contributed by atoms with Gasteiger partial charge in [0, 0.05) is 13.0 Å². The average molecular weight is 189 g/mol. The lowest BCUT2D eigenvalue weighted by Gasteiger charge is -2.22. The third-order valence-electron chi connectivity index (χ3n) is 2.73. The van der Waals surface area contributed by atoms with Crippen molar-refractivity contribution in [1.82, 2.24) is 5.32 Å². The molecule has 1 aromatic rings. The summed E-state index contributed by atoms with van der Waals surface area (Å²) in [4.78, 5) is 10.9. The lowest BCUT2D eigenvalue weighted by atomic mass is 9.92. The predicted molar refractivity (Wildman–Crippen MR) is 55.9 cm³/mol. The molecule has 14 heavy (non-hydrogen) atoms. The Balaban J connectivity index is 1.89. The second-order valence-electron chi connectivity index (χ2n) is 3.90. The number of hydrogen-bond donors (Lipinski definition) is 1. The van der Waals surface area contributed by atoms with E-state index in [0.29, 0.717) is 12.3 Å². The summed E-state index contributed by atoms with van der Waals surface area (Å²) < 4.78 is 0. The summed E-state index contributed by atoms with van der Waals surface area (Å²) >= 11 is 0. The van der Waals surface area contributed by atoms with Crippen LogP contribution >= 0.6 is 0 Å². The van der Waals surface area contributed by atoms with Gasteiger partial charge in [0.25, 0.3) is 0 Å². The molecule has 1 atom stereocenters. The second kappa shape index (κ2) is 4.27. The van der Waals surface area contributed by atoms with Gasteiger partial charge in [-0.3, -0.25) is 4.79 Å². The van der Waals surface area contributed by atoms with Crippen LogP contribution in [0.4, 0.5) is 0 Å². The normalized spacial score (nSPS) is 21.7. The van der Waals surface area contributed by atoms with Gasteiger partial charge in [-0.1, -0.05) is 30.3 Å². The Labute approximate surface area is 84.3 Å². The van der Waals surface area contributed by atoms with Crippen LogP contribution in [0.15, 0.2) is 30.3 Å². The average Bonchev–Trinajstić information content (AvgIpc) is 2.23. The summed E-state index contributed by atoms with van der Waals surface area (Å²) in [6.07, 6.45) is 2.80. The Morgan fingerprint density at radius 2 is 2.07 bits per heavy atom. The number of carbonyl (C=O) groups excluding carboxylic acids is 1. The van der Waals surface area contributed by atoms with Crippen molar-refractivity contribution in [3.05, 3.63) is 35.9 Å². The molecule has 2 heteroatoms. The number of rotatable bonds is 2. The molecular weight excluding hydrogens is 174 g/mol. The molecule has 0 bridgehead atoms. The van der Waals surface area contributed by atoms with Gasteiger partial charge in [0.1, 0.15) is 0 Å². The van der Waals surface area contributed by atoms with Gasteiger partial charge in [-0.05, 0) is 24.3 Å². The zero-order valence-electron chi connectivity index (χ0n) is 8.20. The first-order valence-electron chi connectivity index (χ1n) is 5.15. The zero-order valence-corrected chi connectivity index (χ0v) is 8.20. The van der Waals surface area contributed by atoms with Gasteiger partial charge in [0.2, 0.25) is 5.91 Å². The molecule has 0 unspecified atom stereocenters. The van der Waals surface area contributed by atoms with Crippen LogP contribution in [0.1, 0.15) is 18.4 Å². The SMILES string of the molecule is O=C1CC[C@H](Cc2ccccc2)CN1. The highest BCUT2D eigenvalue weighted by atomic mass is 16.1. The summed E-state index contributed by atoms with van der Waals surface area (Å²) in [6, 6.07) is 10.5. The van der Waals surface area contributed by atoms with E-state index < -0.39 is 0 Å². The van der Waals surface area contributed by atoms with Crippen LogP contribution in [0.25, 0.3) is 0 Å². The van der Waals surface area contributed by atoms with Crippen LogP contribution in [0.5, 0.6) is 0 Å². The van der Waals surface area contributed by atoms with Crippen molar-refractivity contribution < 1.29 is 4.79 Å². The maximum absolute atomic E-state index is 10.9. The minimum Gasteiger partial charge on any atom is -0.356 e. The Morgan fingerprint density at radius 1 is 1.29 bits per heavy atom. The van der Waals surface area contributed by atoms with E-state index in [1.165, 1.54) is 5.56 Å². The summed E-state index contributed by atoms with van der Waals surface area (Å²) in [5.74, 6) is 0.824. The van der Waals surface area contributed by atoms with Crippen molar-refractivity contribution in [2.75, 3.05) is 6.54 Å². The van der Waals surface area contributed by atoms with Crippen LogP contribution in [0, 0.1) is 5.92 Å². The molecule has 1 aliphatic heterocycles. The highest BCUT2D eigenvalue weighted by Crippen LogP contribution is 2.16. The van der Waals surface area contributed by atoms with E-state index in [4.69, 9.17) is 0 Å². The number of amides is 1. The molecule has 1 N–H and O–H groups in total. The molecule has 0 saturated carbocycles. The molecule has 74 valence electrons. The molecule has 1 saturated heterocycles. The molecule has 1 amide bonds. The summed E-state index contributed by atoms with van der Waals surface area (Å²) in [6.45, 7) is 0.841. The molecule has 0 radical (unpaired) electrons. The summed E-state index contributed by atoms with van der Waals surface area (Å²) in [5, 5.41) is 2.91. The Morgan fingerprint density at radius 3 is 2.71 bits per heavy atom. The minimum atomic E-state index is 0.203. The maximum Gasteiger partial charge on any atom is 0.220 e. The van der Waals surface area contributed by atoms with Crippen molar-refractivity contribution in [3.63, 3.8) is 0 Å². The van der Waals surface area contributed by atoms with Crippen molar-refractivity contribution >= 4 is 5.91 Å². The number of benzene rings is 1. The van der Waals surface area contributed by atoms with E-state index in [1.807, 2.05) is 6.07 Å². The zero-order chi connectivity index (χ0) is 9.80. The fourth-order valence-corrected chi connectivity index (χ4v) is 1.91. The van der Waals surface area contributed by atoms with Crippen LogP contribution in [0.2, 0.25) is 0 Å².